The molecule has 1 saturated carbocycles. The standard InChI is InChI=1S/C21H26N4O/c1-21(11-12-21)16-5-3-15(4-6-16)18-7-8-19(24-23-18)20(26)25(2)17-9-13-22-14-10-17/h3-8,17,22H,9-14H2,1-2H3. The second-order valence-electron chi connectivity index (χ2n) is 7.84. The van der Waals surface area contributed by atoms with Gasteiger partial charge in [0.15, 0.2) is 5.69 Å². The van der Waals surface area contributed by atoms with Crippen molar-refractivity contribution in [3.8, 4) is 11.3 Å². The van der Waals surface area contributed by atoms with E-state index in [-0.39, 0.29) is 11.9 Å². The fourth-order valence-electron chi connectivity index (χ4n) is 3.66. The van der Waals surface area contributed by atoms with Crippen LogP contribution in [0.25, 0.3) is 11.3 Å². The Bertz CT molecular complexity index is 775. The number of carbonyl (C=O) groups excluding carboxylic acids is 1. The van der Waals surface area contributed by atoms with E-state index in [9.17, 15) is 4.79 Å². The third-order valence-corrected chi connectivity index (χ3v) is 5.94. The molecule has 1 saturated heterocycles. The van der Waals surface area contributed by atoms with Crippen LogP contribution in [0.1, 0.15) is 48.7 Å². The summed E-state index contributed by atoms with van der Waals surface area (Å²) in [6, 6.07) is 12.5. The molecule has 0 bridgehead atoms. The monoisotopic (exact) mass is 350 g/mol. The van der Waals surface area contributed by atoms with Gasteiger partial charge in [0.1, 0.15) is 0 Å². The molecule has 26 heavy (non-hydrogen) atoms. The largest absolute Gasteiger partial charge is 0.337 e. The molecule has 1 aliphatic heterocycles. The molecule has 1 N–H and O–H groups in total. The number of hydrogen-bond acceptors (Lipinski definition) is 4. The van der Waals surface area contributed by atoms with Crippen molar-refractivity contribution in [1.29, 1.82) is 0 Å². The zero-order valence-electron chi connectivity index (χ0n) is 15.5. The van der Waals surface area contributed by atoms with Crippen LogP contribution < -0.4 is 5.32 Å². The van der Waals surface area contributed by atoms with E-state index in [0.29, 0.717) is 11.1 Å². The summed E-state index contributed by atoms with van der Waals surface area (Å²) in [5.41, 5.74) is 4.02. The molecular formula is C21H26N4O. The molecule has 1 amide bonds. The van der Waals surface area contributed by atoms with Gasteiger partial charge in [-0.1, -0.05) is 31.2 Å². The minimum absolute atomic E-state index is 0.0482. The summed E-state index contributed by atoms with van der Waals surface area (Å²) in [6.45, 7) is 4.23. The highest BCUT2D eigenvalue weighted by atomic mass is 16.2. The Hall–Kier alpha value is -2.27. The van der Waals surface area contributed by atoms with Crippen molar-refractivity contribution in [1.82, 2.24) is 20.4 Å². The van der Waals surface area contributed by atoms with Gasteiger partial charge in [0.2, 0.25) is 0 Å². The van der Waals surface area contributed by atoms with E-state index in [4.69, 9.17) is 0 Å². The predicted molar refractivity (Wildman–Crippen MR) is 102 cm³/mol. The zero-order valence-corrected chi connectivity index (χ0v) is 15.5. The minimum atomic E-state index is -0.0482. The van der Waals surface area contributed by atoms with E-state index in [1.165, 1.54) is 18.4 Å². The third kappa shape index (κ3) is 3.36. The lowest BCUT2D eigenvalue weighted by Crippen LogP contribution is -2.44. The molecule has 2 fully saturated rings. The van der Waals surface area contributed by atoms with Gasteiger partial charge in [0, 0.05) is 18.7 Å². The van der Waals surface area contributed by atoms with E-state index in [1.807, 2.05) is 18.0 Å². The van der Waals surface area contributed by atoms with Gasteiger partial charge in [-0.2, -0.15) is 0 Å². The quantitative estimate of drug-likeness (QED) is 0.921. The highest BCUT2D eigenvalue weighted by molar-refractivity contribution is 5.92. The van der Waals surface area contributed by atoms with Gasteiger partial charge in [0.25, 0.3) is 5.91 Å². The predicted octanol–water partition coefficient (Wildman–Crippen LogP) is 3.02. The summed E-state index contributed by atoms with van der Waals surface area (Å²) in [5, 5.41) is 11.8. The Morgan fingerprint density at radius 1 is 1.08 bits per heavy atom. The molecule has 0 unspecified atom stereocenters. The van der Waals surface area contributed by atoms with E-state index in [0.717, 1.165) is 37.2 Å². The molecule has 1 aromatic carbocycles. The molecule has 5 nitrogen and oxygen atoms in total. The molecule has 1 aromatic heterocycles. The van der Waals surface area contributed by atoms with Gasteiger partial charge in [-0.15, -0.1) is 10.2 Å². The highest BCUT2D eigenvalue weighted by Crippen LogP contribution is 2.47. The number of carbonyl (C=O) groups is 1. The van der Waals surface area contributed by atoms with Crippen LogP contribution in [-0.4, -0.2) is 47.2 Å². The van der Waals surface area contributed by atoms with E-state index >= 15 is 0 Å². The summed E-state index contributed by atoms with van der Waals surface area (Å²) < 4.78 is 0. The SMILES string of the molecule is CN(C(=O)c1ccc(-c2ccc(C3(C)CC3)cc2)nn1)C1CCNCC1. The number of piperidine rings is 1. The van der Waals surface area contributed by atoms with Crippen LogP contribution in [0.3, 0.4) is 0 Å². The van der Waals surface area contributed by atoms with Crippen LogP contribution >= 0.6 is 0 Å². The fourth-order valence-corrected chi connectivity index (χ4v) is 3.66. The van der Waals surface area contributed by atoms with Crippen molar-refractivity contribution in [2.45, 2.75) is 44.1 Å². The third-order valence-electron chi connectivity index (χ3n) is 5.94. The molecular weight excluding hydrogens is 324 g/mol. The molecule has 0 atom stereocenters. The van der Waals surface area contributed by atoms with Crippen molar-refractivity contribution in [2.75, 3.05) is 20.1 Å². The second kappa shape index (κ2) is 6.80. The van der Waals surface area contributed by atoms with Crippen molar-refractivity contribution >= 4 is 5.91 Å². The van der Waals surface area contributed by atoms with Crippen molar-refractivity contribution in [2.24, 2.45) is 0 Å². The molecule has 2 aromatic rings. The first-order valence-corrected chi connectivity index (χ1v) is 9.49. The second-order valence-corrected chi connectivity index (χ2v) is 7.84. The van der Waals surface area contributed by atoms with Gasteiger partial charge < -0.3 is 10.2 Å². The zero-order chi connectivity index (χ0) is 18.1. The van der Waals surface area contributed by atoms with Crippen LogP contribution in [0.15, 0.2) is 36.4 Å². The van der Waals surface area contributed by atoms with Crippen molar-refractivity contribution < 1.29 is 4.79 Å². The maximum absolute atomic E-state index is 12.7. The first-order chi connectivity index (χ1) is 12.6. The fraction of sp³-hybridized carbons (Fsp3) is 0.476. The number of nitrogens with zero attached hydrogens (tertiary/aromatic N) is 3. The molecule has 4 rings (SSSR count). The van der Waals surface area contributed by atoms with Crippen LogP contribution in [-0.2, 0) is 5.41 Å². The van der Waals surface area contributed by atoms with Crippen molar-refractivity contribution in [3.05, 3.63) is 47.7 Å². The van der Waals surface area contributed by atoms with Gasteiger partial charge in [0.05, 0.1) is 5.69 Å². The number of rotatable bonds is 4. The smallest absolute Gasteiger partial charge is 0.274 e. The first kappa shape index (κ1) is 17.2. The number of benzene rings is 1. The van der Waals surface area contributed by atoms with Crippen LogP contribution in [0.5, 0.6) is 0 Å². The van der Waals surface area contributed by atoms with Crippen LogP contribution in [0.2, 0.25) is 0 Å². The number of aromatic nitrogens is 2. The van der Waals surface area contributed by atoms with Gasteiger partial charge in [-0.3, -0.25) is 4.79 Å². The molecule has 1 aliphatic carbocycles. The molecule has 5 heteroatoms. The lowest BCUT2D eigenvalue weighted by atomic mass is 9.97. The van der Waals surface area contributed by atoms with E-state index < -0.39 is 0 Å². The summed E-state index contributed by atoms with van der Waals surface area (Å²) in [7, 11) is 1.87. The average molecular weight is 350 g/mol. The van der Waals surface area contributed by atoms with E-state index in [1.54, 1.807) is 6.07 Å². The van der Waals surface area contributed by atoms with Gasteiger partial charge in [-0.05, 0) is 61.9 Å². The van der Waals surface area contributed by atoms with Crippen LogP contribution in [0.4, 0.5) is 0 Å². The summed E-state index contributed by atoms with van der Waals surface area (Å²) in [5.74, 6) is -0.0482. The Labute approximate surface area is 154 Å². The average Bonchev–Trinajstić information content (AvgIpc) is 3.46. The lowest BCUT2D eigenvalue weighted by molar-refractivity contribution is 0.0696. The topological polar surface area (TPSA) is 58.1 Å². The maximum Gasteiger partial charge on any atom is 0.274 e. The van der Waals surface area contributed by atoms with Crippen LogP contribution in [0, 0.1) is 0 Å². The Balaban J connectivity index is 1.46. The summed E-state index contributed by atoms with van der Waals surface area (Å²) >= 11 is 0. The summed E-state index contributed by atoms with van der Waals surface area (Å²) in [6.07, 6.45) is 4.51. The van der Waals surface area contributed by atoms with Gasteiger partial charge in [-0.25, -0.2) is 0 Å². The summed E-state index contributed by atoms with van der Waals surface area (Å²) in [4.78, 5) is 14.5. The Morgan fingerprint density at radius 3 is 2.35 bits per heavy atom. The number of hydrogen-bond donors (Lipinski definition) is 1. The first-order valence-electron chi connectivity index (χ1n) is 9.49. The minimum Gasteiger partial charge on any atom is -0.337 e. The van der Waals surface area contributed by atoms with E-state index in [2.05, 4.69) is 46.7 Å². The molecule has 0 spiro atoms. The number of amides is 1. The van der Waals surface area contributed by atoms with Crippen molar-refractivity contribution in [3.63, 3.8) is 0 Å². The Morgan fingerprint density at radius 2 is 1.77 bits per heavy atom. The maximum atomic E-state index is 12.7. The molecule has 0 radical (unpaired) electrons. The molecule has 2 heterocycles. The lowest BCUT2D eigenvalue weighted by Gasteiger charge is -2.31. The molecule has 2 aliphatic rings. The van der Waals surface area contributed by atoms with Gasteiger partial charge >= 0.3 is 0 Å². The Kier molecular flexibility index (Phi) is 4.49. The number of nitrogens with one attached hydrogen (secondary N) is 1. The highest BCUT2D eigenvalue weighted by Gasteiger charge is 2.38. The molecule has 136 valence electrons. The normalized spacial score (nSPS) is 19.2.